The highest BCUT2D eigenvalue weighted by atomic mass is 16.1. The number of ketones is 1. The SMILES string of the molecule is C/C1=C(\CN)C(C)CC/C=C\C1.C/C=C\c1ncc(-c2cnn(C)c2)cc1C(=O)c1ccccc1.CC. The molecule has 1 unspecified atom stereocenters. The van der Waals surface area contributed by atoms with Crippen LogP contribution >= 0.6 is 0 Å². The van der Waals surface area contributed by atoms with Crippen molar-refractivity contribution in [1.29, 1.82) is 0 Å². The molecule has 1 atom stereocenters. The average molecular weight is 499 g/mol. The minimum absolute atomic E-state index is 0.0306. The maximum atomic E-state index is 12.8. The highest BCUT2D eigenvalue weighted by molar-refractivity contribution is 6.11. The summed E-state index contributed by atoms with van der Waals surface area (Å²) in [6.45, 7) is 11.1. The highest BCUT2D eigenvalue weighted by Crippen LogP contribution is 2.24. The summed E-state index contributed by atoms with van der Waals surface area (Å²) in [6, 6.07) is 11.1. The van der Waals surface area contributed by atoms with E-state index in [1.807, 2.05) is 82.6 Å². The quantitative estimate of drug-likeness (QED) is 0.294. The predicted octanol–water partition coefficient (Wildman–Crippen LogP) is 7.41. The molecular formula is C32H42N4O. The van der Waals surface area contributed by atoms with Crippen molar-refractivity contribution in [1.82, 2.24) is 14.8 Å². The van der Waals surface area contributed by atoms with Crippen LogP contribution in [-0.4, -0.2) is 27.1 Å². The number of benzene rings is 1. The molecule has 0 amide bonds. The Bertz CT molecular complexity index is 1220. The summed E-state index contributed by atoms with van der Waals surface area (Å²) in [5.74, 6) is 0.650. The van der Waals surface area contributed by atoms with E-state index in [-0.39, 0.29) is 5.78 Å². The first kappa shape index (κ1) is 29.7. The largest absolute Gasteiger partial charge is 0.327 e. The number of aryl methyl sites for hydroxylation is 1. The second-order valence-corrected chi connectivity index (χ2v) is 8.92. The molecular weight excluding hydrogens is 456 g/mol. The van der Waals surface area contributed by atoms with Crippen molar-refractivity contribution in [3.63, 3.8) is 0 Å². The Kier molecular flexibility index (Phi) is 12.4. The summed E-state index contributed by atoms with van der Waals surface area (Å²) in [6.07, 6.45) is 17.3. The summed E-state index contributed by atoms with van der Waals surface area (Å²) in [5, 5.41) is 4.17. The van der Waals surface area contributed by atoms with E-state index < -0.39 is 0 Å². The molecule has 1 aromatic carbocycles. The fourth-order valence-electron chi connectivity index (χ4n) is 4.25. The van der Waals surface area contributed by atoms with Gasteiger partial charge in [0, 0.05) is 48.2 Å². The van der Waals surface area contributed by atoms with Gasteiger partial charge in [-0.2, -0.15) is 5.10 Å². The van der Waals surface area contributed by atoms with Crippen molar-refractivity contribution in [3.05, 3.63) is 101 Å². The van der Waals surface area contributed by atoms with Gasteiger partial charge in [-0.05, 0) is 51.2 Å². The maximum Gasteiger partial charge on any atom is 0.195 e. The lowest BCUT2D eigenvalue weighted by molar-refractivity contribution is 0.103. The summed E-state index contributed by atoms with van der Waals surface area (Å²) >= 11 is 0. The van der Waals surface area contributed by atoms with Gasteiger partial charge in [-0.25, -0.2) is 0 Å². The minimum Gasteiger partial charge on any atom is -0.327 e. The Labute approximate surface area is 222 Å². The molecule has 5 nitrogen and oxygen atoms in total. The molecule has 37 heavy (non-hydrogen) atoms. The van der Waals surface area contributed by atoms with Crippen molar-refractivity contribution >= 4 is 11.9 Å². The number of allylic oxidation sites excluding steroid dienone is 4. The van der Waals surface area contributed by atoms with Crippen molar-refractivity contribution in [2.24, 2.45) is 18.7 Å². The van der Waals surface area contributed by atoms with E-state index in [4.69, 9.17) is 5.73 Å². The van der Waals surface area contributed by atoms with Crippen LogP contribution in [0.4, 0.5) is 0 Å². The second-order valence-electron chi connectivity index (χ2n) is 8.92. The molecule has 0 saturated carbocycles. The number of hydrogen-bond donors (Lipinski definition) is 1. The lowest BCUT2D eigenvalue weighted by Crippen LogP contribution is -2.13. The summed E-state index contributed by atoms with van der Waals surface area (Å²) in [7, 11) is 1.86. The molecule has 2 N–H and O–H groups in total. The third-order valence-electron chi connectivity index (χ3n) is 6.28. The van der Waals surface area contributed by atoms with E-state index in [1.165, 1.54) is 24.0 Å². The van der Waals surface area contributed by atoms with E-state index in [1.54, 1.807) is 17.1 Å². The summed E-state index contributed by atoms with van der Waals surface area (Å²) in [4.78, 5) is 17.3. The van der Waals surface area contributed by atoms with E-state index in [0.29, 0.717) is 22.7 Å². The normalized spacial score (nSPS) is 18.1. The zero-order valence-electron chi connectivity index (χ0n) is 23.2. The van der Waals surface area contributed by atoms with Gasteiger partial charge in [0.25, 0.3) is 0 Å². The Morgan fingerprint density at radius 2 is 1.86 bits per heavy atom. The van der Waals surface area contributed by atoms with E-state index >= 15 is 0 Å². The number of rotatable bonds is 5. The van der Waals surface area contributed by atoms with Gasteiger partial charge in [0.05, 0.1) is 11.9 Å². The van der Waals surface area contributed by atoms with Crippen LogP contribution in [0.1, 0.15) is 75.5 Å². The van der Waals surface area contributed by atoms with Crippen LogP contribution in [0.25, 0.3) is 17.2 Å². The molecule has 0 aliphatic heterocycles. The molecule has 5 heteroatoms. The summed E-state index contributed by atoms with van der Waals surface area (Å²) < 4.78 is 1.73. The van der Waals surface area contributed by atoms with Gasteiger partial charge in [-0.15, -0.1) is 0 Å². The number of hydrogen-bond acceptors (Lipinski definition) is 4. The Morgan fingerprint density at radius 1 is 1.14 bits per heavy atom. The predicted molar refractivity (Wildman–Crippen MR) is 156 cm³/mol. The smallest absolute Gasteiger partial charge is 0.195 e. The van der Waals surface area contributed by atoms with Crippen molar-refractivity contribution < 1.29 is 4.79 Å². The zero-order valence-corrected chi connectivity index (χ0v) is 23.2. The third kappa shape index (κ3) is 8.50. The number of nitrogens with zero attached hydrogens (tertiary/aromatic N) is 3. The van der Waals surface area contributed by atoms with Gasteiger partial charge in [-0.3, -0.25) is 14.5 Å². The van der Waals surface area contributed by atoms with Crippen LogP contribution in [0.15, 0.2) is 84.4 Å². The Balaban J connectivity index is 0.000000291. The number of carbonyl (C=O) groups is 1. The van der Waals surface area contributed by atoms with Crippen LogP contribution < -0.4 is 5.73 Å². The fourth-order valence-corrected chi connectivity index (χ4v) is 4.25. The minimum atomic E-state index is -0.0306. The molecule has 0 saturated heterocycles. The van der Waals surface area contributed by atoms with Crippen LogP contribution in [0, 0.1) is 5.92 Å². The average Bonchev–Trinajstić information content (AvgIpc) is 3.36. The standard InChI is InChI=1S/C19H17N3O.C11H19N.C2H6/c1-3-7-18-17(19(23)14-8-5-4-6-9-14)10-15(11-20-18)16-12-21-22(2)13-16;1-9-6-4-3-5-7-10(2)11(9)8-12;1-2/h3-13H,1-2H3;3-4,10H,5-8,12H2,1-2H3;1-2H3/b7-3-;4-3-,11-9-;. The monoisotopic (exact) mass is 498 g/mol. The van der Waals surface area contributed by atoms with Gasteiger partial charge in [0.1, 0.15) is 0 Å². The number of carbonyl (C=O) groups excluding carboxylic acids is 1. The Hall–Kier alpha value is -3.57. The van der Waals surface area contributed by atoms with Gasteiger partial charge in [0.15, 0.2) is 5.78 Å². The molecule has 2 aromatic heterocycles. The first-order valence-corrected chi connectivity index (χ1v) is 13.2. The lowest BCUT2D eigenvalue weighted by atomic mass is 9.89. The van der Waals surface area contributed by atoms with E-state index in [0.717, 1.165) is 24.1 Å². The zero-order chi connectivity index (χ0) is 27.2. The number of pyridine rings is 1. The van der Waals surface area contributed by atoms with Crippen molar-refractivity contribution in [2.45, 2.75) is 53.9 Å². The van der Waals surface area contributed by atoms with Gasteiger partial charge in [-0.1, -0.05) is 80.5 Å². The van der Waals surface area contributed by atoms with E-state index in [9.17, 15) is 4.79 Å². The third-order valence-corrected chi connectivity index (χ3v) is 6.28. The fraction of sp³-hybridized carbons (Fsp3) is 0.344. The highest BCUT2D eigenvalue weighted by Gasteiger charge is 2.15. The number of aromatic nitrogens is 3. The molecule has 1 aliphatic carbocycles. The molecule has 0 bridgehead atoms. The molecule has 0 spiro atoms. The molecule has 196 valence electrons. The topological polar surface area (TPSA) is 73.8 Å². The first-order valence-electron chi connectivity index (χ1n) is 13.2. The van der Waals surface area contributed by atoms with Gasteiger partial charge >= 0.3 is 0 Å². The van der Waals surface area contributed by atoms with Crippen molar-refractivity contribution in [3.8, 4) is 11.1 Å². The van der Waals surface area contributed by atoms with Crippen molar-refractivity contribution in [2.75, 3.05) is 6.54 Å². The lowest BCUT2D eigenvalue weighted by Gasteiger charge is -2.18. The number of nitrogens with two attached hydrogens (primary N) is 1. The van der Waals surface area contributed by atoms with Crippen LogP contribution in [0.2, 0.25) is 0 Å². The Morgan fingerprint density at radius 3 is 2.49 bits per heavy atom. The van der Waals surface area contributed by atoms with Gasteiger partial charge < -0.3 is 5.73 Å². The van der Waals surface area contributed by atoms with Crippen LogP contribution in [0.3, 0.4) is 0 Å². The molecule has 4 rings (SSSR count). The first-order chi connectivity index (χ1) is 17.9. The molecule has 3 aromatic rings. The van der Waals surface area contributed by atoms with Gasteiger partial charge in [0.2, 0.25) is 0 Å². The van der Waals surface area contributed by atoms with Crippen LogP contribution in [-0.2, 0) is 7.05 Å². The molecule has 0 radical (unpaired) electrons. The van der Waals surface area contributed by atoms with E-state index in [2.05, 4.69) is 36.1 Å². The molecule has 2 heterocycles. The molecule has 0 fully saturated rings. The summed E-state index contributed by atoms with van der Waals surface area (Å²) in [5.41, 5.74) is 12.4. The second kappa shape index (κ2) is 15.5. The maximum absolute atomic E-state index is 12.8. The molecule has 1 aliphatic rings. The van der Waals surface area contributed by atoms with Crippen LogP contribution in [0.5, 0.6) is 0 Å².